The average Bonchev–Trinajstić information content (AvgIpc) is 2.87. The molecule has 0 amide bonds. The van der Waals surface area contributed by atoms with Gasteiger partial charge in [-0.15, -0.1) is 11.8 Å². The van der Waals surface area contributed by atoms with E-state index < -0.39 is 11.6 Å². The first-order chi connectivity index (χ1) is 17.1. The van der Waals surface area contributed by atoms with E-state index in [4.69, 9.17) is 14.1 Å². The number of hydrogen-bond acceptors (Lipinski definition) is 6. The Labute approximate surface area is 206 Å². The zero-order chi connectivity index (χ0) is 24.2. The number of nitrogens with zero attached hydrogens (tertiary/aromatic N) is 1. The Morgan fingerprint density at radius 2 is 1.80 bits per heavy atom. The number of benzene rings is 3. The topological polar surface area (TPSA) is 69.4 Å². The van der Waals surface area contributed by atoms with Crippen molar-refractivity contribution in [2.45, 2.75) is 18.2 Å². The van der Waals surface area contributed by atoms with Crippen molar-refractivity contribution >= 4 is 39.6 Å². The van der Waals surface area contributed by atoms with Gasteiger partial charge >= 0.3 is 11.6 Å². The summed E-state index contributed by atoms with van der Waals surface area (Å²) in [6.45, 7) is 2.29. The van der Waals surface area contributed by atoms with Gasteiger partial charge in [-0.05, 0) is 43.7 Å². The minimum absolute atomic E-state index is 0.0840. The molecule has 2 aromatic heterocycles. The van der Waals surface area contributed by atoms with Crippen molar-refractivity contribution in [1.29, 1.82) is 0 Å². The summed E-state index contributed by atoms with van der Waals surface area (Å²) in [6.07, 6.45) is 0.645. The van der Waals surface area contributed by atoms with E-state index in [1.165, 1.54) is 11.6 Å². The number of carbonyl (C=O) groups excluding carboxylic acids is 1. The summed E-state index contributed by atoms with van der Waals surface area (Å²) < 4.78 is 10.6. The Hall–Kier alpha value is -3.90. The van der Waals surface area contributed by atoms with E-state index in [-0.39, 0.29) is 12.2 Å². The highest BCUT2D eigenvalue weighted by Gasteiger charge is 2.15. The van der Waals surface area contributed by atoms with E-state index in [2.05, 4.69) is 37.3 Å². The number of rotatable bonds is 7. The molecule has 0 aliphatic carbocycles. The van der Waals surface area contributed by atoms with Crippen LogP contribution in [0.5, 0.6) is 0 Å². The molecule has 0 aliphatic rings. The van der Waals surface area contributed by atoms with Crippen molar-refractivity contribution in [2.24, 2.45) is 0 Å². The normalized spacial score (nSPS) is 11.1. The molecule has 174 valence electrons. The number of fused-ring (bicyclic) bond motifs is 2. The number of esters is 1. The SMILES string of the molecule is Cc1cccc(-c2cc(SCCCOC(=O)c3cc4ccccc4oc3=O)c3ccccc3n2)c1. The quantitative estimate of drug-likeness (QED) is 0.112. The van der Waals surface area contributed by atoms with Crippen LogP contribution in [-0.4, -0.2) is 23.3 Å². The summed E-state index contributed by atoms with van der Waals surface area (Å²) in [5, 5.41) is 1.78. The third-order valence-electron chi connectivity index (χ3n) is 5.63. The van der Waals surface area contributed by atoms with Crippen LogP contribution in [0, 0.1) is 6.92 Å². The van der Waals surface area contributed by atoms with E-state index in [1.54, 1.807) is 30.0 Å². The number of thioether (sulfide) groups is 1. The lowest BCUT2D eigenvalue weighted by atomic mass is 10.1. The number of hydrogen-bond donors (Lipinski definition) is 0. The third-order valence-corrected chi connectivity index (χ3v) is 6.77. The summed E-state index contributed by atoms with van der Waals surface area (Å²) in [5.74, 6) is 0.0894. The number of ether oxygens (including phenoxy) is 1. The third kappa shape index (κ3) is 5.12. The first kappa shape index (κ1) is 22.9. The molecule has 5 nitrogen and oxygen atoms in total. The predicted octanol–water partition coefficient (Wildman–Crippen LogP) is 6.66. The number of aryl methyl sites for hydroxylation is 1. The highest BCUT2D eigenvalue weighted by molar-refractivity contribution is 7.99. The number of pyridine rings is 1. The smallest absolute Gasteiger partial charge is 0.351 e. The van der Waals surface area contributed by atoms with Gasteiger partial charge in [-0.3, -0.25) is 0 Å². The molecule has 5 aromatic rings. The zero-order valence-electron chi connectivity index (χ0n) is 19.2. The molecule has 3 aromatic carbocycles. The lowest BCUT2D eigenvalue weighted by Crippen LogP contribution is -2.17. The van der Waals surface area contributed by atoms with Gasteiger partial charge in [0.2, 0.25) is 0 Å². The predicted molar refractivity (Wildman–Crippen MR) is 140 cm³/mol. The summed E-state index contributed by atoms with van der Waals surface area (Å²) in [4.78, 5) is 30.6. The van der Waals surface area contributed by atoms with E-state index in [9.17, 15) is 9.59 Å². The highest BCUT2D eigenvalue weighted by atomic mass is 32.2. The maximum Gasteiger partial charge on any atom is 0.351 e. The Kier molecular flexibility index (Phi) is 6.64. The molecule has 0 bridgehead atoms. The first-order valence-electron chi connectivity index (χ1n) is 11.4. The van der Waals surface area contributed by atoms with Gasteiger partial charge in [0, 0.05) is 27.0 Å². The van der Waals surface area contributed by atoms with E-state index in [0.29, 0.717) is 17.4 Å². The number of carbonyl (C=O) groups is 1. The van der Waals surface area contributed by atoms with Gasteiger partial charge in [0.05, 0.1) is 17.8 Å². The molecular weight excluding hydrogens is 458 g/mol. The summed E-state index contributed by atoms with van der Waals surface area (Å²) in [7, 11) is 0. The molecule has 2 heterocycles. The van der Waals surface area contributed by atoms with Crippen molar-refractivity contribution < 1.29 is 13.9 Å². The zero-order valence-corrected chi connectivity index (χ0v) is 20.0. The molecule has 0 saturated carbocycles. The lowest BCUT2D eigenvalue weighted by Gasteiger charge is -2.10. The van der Waals surface area contributed by atoms with Crippen LogP contribution in [0.2, 0.25) is 0 Å². The van der Waals surface area contributed by atoms with E-state index in [0.717, 1.165) is 32.8 Å². The van der Waals surface area contributed by atoms with Crippen molar-refractivity contribution in [3.05, 3.63) is 106 Å². The van der Waals surface area contributed by atoms with Crippen LogP contribution in [0.4, 0.5) is 0 Å². The fraction of sp³-hybridized carbons (Fsp3) is 0.138. The molecule has 35 heavy (non-hydrogen) atoms. The second kappa shape index (κ2) is 10.2. The second-order valence-electron chi connectivity index (χ2n) is 8.22. The Morgan fingerprint density at radius 3 is 2.69 bits per heavy atom. The lowest BCUT2D eigenvalue weighted by molar-refractivity contribution is 0.0501. The van der Waals surface area contributed by atoms with Crippen LogP contribution in [-0.2, 0) is 4.74 Å². The second-order valence-corrected chi connectivity index (χ2v) is 9.35. The van der Waals surface area contributed by atoms with Crippen LogP contribution < -0.4 is 5.63 Å². The van der Waals surface area contributed by atoms with Gasteiger partial charge in [-0.1, -0.05) is 60.2 Å². The fourth-order valence-corrected chi connectivity index (χ4v) is 4.91. The highest BCUT2D eigenvalue weighted by Crippen LogP contribution is 2.32. The summed E-state index contributed by atoms with van der Waals surface area (Å²) >= 11 is 1.70. The van der Waals surface area contributed by atoms with Crippen LogP contribution in [0.25, 0.3) is 33.1 Å². The molecule has 0 radical (unpaired) electrons. The Morgan fingerprint density at radius 1 is 0.971 bits per heavy atom. The molecule has 0 atom stereocenters. The fourth-order valence-electron chi connectivity index (χ4n) is 3.90. The van der Waals surface area contributed by atoms with Crippen molar-refractivity contribution in [3.63, 3.8) is 0 Å². The first-order valence-corrected chi connectivity index (χ1v) is 12.4. The van der Waals surface area contributed by atoms with Gasteiger partial charge in [0.25, 0.3) is 0 Å². The van der Waals surface area contributed by atoms with Crippen LogP contribution in [0.15, 0.2) is 99.0 Å². The van der Waals surface area contributed by atoms with Gasteiger partial charge < -0.3 is 9.15 Å². The monoisotopic (exact) mass is 481 g/mol. The van der Waals surface area contributed by atoms with Gasteiger partial charge in [-0.2, -0.15) is 0 Å². The minimum atomic E-state index is -0.685. The van der Waals surface area contributed by atoms with Gasteiger partial charge in [-0.25, -0.2) is 14.6 Å². The molecule has 0 N–H and O–H groups in total. The largest absolute Gasteiger partial charge is 0.462 e. The maximum atomic E-state index is 12.4. The number of aromatic nitrogens is 1. The van der Waals surface area contributed by atoms with Gasteiger partial charge in [0.15, 0.2) is 0 Å². The van der Waals surface area contributed by atoms with E-state index >= 15 is 0 Å². The van der Waals surface area contributed by atoms with Gasteiger partial charge in [0.1, 0.15) is 11.1 Å². The van der Waals surface area contributed by atoms with Crippen molar-refractivity contribution in [2.75, 3.05) is 12.4 Å². The minimum Gasteiger partial charge on any atom is -0.462 e. The van der Waals surface area contributed by atoms with Crippen LogP contribution in [0.1, 0.15) is 22.3 Å². The Balaban J connectivity index is 1.25. The average molecular weight is 482 g/mol. The summed E-state index contributed by atoms with van der Waals surface area (Å²) in [5.41, 5.74) is 3.83. The van der Waals surface area contributed by atoms with Crippen molar-refractivity contribution in [3.8, 4) is 11.3 Å². The maximum absolute atomic E-state index is 12.4. The molecule has 0 fully saturated rings. The number of para-hydroxylation sites is 2. The van der Waals surface area contributed by atoms with Crippen LogP contribution >= 0.6 is 11.8 Å². The van der Waals surface area contributed by atoms with Crippen LogP contribution in [0.3, 0.4) is 0 Å². The molecule has 0 saturated heterocycles. The van der Waals surface area contributed by atoms with E-state index in [1.807, 2.05) is 30.3 Å². The Bertz CT molecular complexity index is 1590. The molecule has 0 aliphatic heterocycles. The molecule has 6 heteroatoms. The molecule has 5 rings (SSSR count). The standard InChI is InChI=1S/C29H23NO4S/c1-19-8-6-10-20(16-19)25-18-27(22-11-3-4-12-24(22)30-25)35-15-7-14-33-28(31)23-17-21-9-2-5-13-26(21)34-29(23)32/h2-6,8-13,16-18H,7,14-15H2,1H3. The molecule has 0 unspecified atom stereocenters. The van der Waals surface area contributed by atoms with Crippen molar-refractivity contribution in [1.82, 2.24) is 4.98 Å². The molecular formula is C29H23NO4S. The molecule has 0 spiro atoms. The summed E-state index contributed by atoms with van der Waals surface area (Å²) in [6, 6.07) is 27.1.